The topological polar surface area (TPSA) is 278 Å². The summed E-state index contributed by atoms with van der Waals surface area (Å²) in [6.45, 7) is 3.78. The standard InChI is InChI=1S/C25H40N8O7/c1-13(2)10-18(32-21(36)16(26)12-20(27)35)23(38)31-17(4-3-9-30-25(28)29)22(37)33-19(24(39)40)11-14-5-7-15(34)8-6-14/h5-8,13,16-19,34H,3-4,9-12,26H2,1-2H3,(H2,27,35)(H,31,38)(H,32,36)(H,33,37)(H,39,40)(H4,28,29,30). The molecule has 0 saturated heterocycles. The monoisotopic (exact) mass is 564 g/mol. The maximum Gasteiger partial charge on any atom is 0.326 e. The lowest BCUT2D eigenvalue weighted by molar-refractivity contribution is -0.142. The number of guanidine groups is 1. The van der Waals surface area contributed by atoms with Gasteiger partial charge in [-0.3, -0.25) is 24.2 Å². The Labute approximate surface area is 232 Å². The van der Waals surface area contributed by atoms with Crippen LogP contribution in [0.4, 0.5) is 0 Å². The fraction of sp³-hybridized carbons (Fsp3) is 0.520. The lowest BCUT2D eigenvalue weighted by Gasteiger charge is -2.26. The van der Waals surface area contributed by atoms with Crippen molar-refractivity contribution in [1.82, 2.24) is 16.0 Å². The smallest absolute Gasteiger partial charge is 0.326 e. The van der Waals surface area contributed by atoms with Crippen LogP contribution in [-0.2, 0) is 30.4 Å². The average molecular weight is 565 g/mol. The second kappa shape index (κ2) is 16.5. The van der Waals surface area contributed by atoms with E-state index in [1.165, 1.54) is 24.3 Å². The van der Waals surface area contributed by atoms with Crippen LogP contribution < -0.4 is 38.9 Å². The van der Waals surface area contributed by atoms with Crippen LogP contribution in [0.5, 0.6) is 5.75 Å². The number of nitrogens with two attached hydrogens (primary N) is 4. The molecule has 13 N–H and O–H groups in total. The molecule has 1 aromatic carbocycles. The number of phenols is 1. The highest BCUT2D eigenvalue weighted by Crippen LogP contribution is 2.12. The predicted octanol–water partition coefficient (Wildman–Crippen LogP) is -2.22. The van der Waals surface area contributed by atoms with Crippen LogP contribution >= 0.6 is 0 Å². The molecular weight excluding hydrogens is 524 g/mol. The third kappa shape index (κ3) is 12.9. The molecule has 222 valence electrons. The summed E-state index contributed by atoms with van der Waals surface area (Å²) in [6, 6.07) is 0.910. The molecule has 0 spiro atoms. The Morgan fingerprint density at radius 1 is 0.875 bits per heavy atom. The number of hydrogen-bond acceptors (Lipinski definition) is 8. The second-order valence-electron chi connectivity index (χ2n) is 9.75. The zero-order valence-electron chi connectivity index (χ0n) is 22.6. The molecule has 0 bridgehead atoms. The van der Waals surface area contributed by atoms with Gasteiger partial charge in [0, 0.05) is 13.0 Å². The highest BCUT2D eigenvalue weighted by molar-refractivity contribution is 5.95. The third-order valence-electron chi connectivity index (χ3n) is 5.67. The Kier molecular flexibility index (Phi) is 13.9. The van der Waals surface area contributed by atoms with Crippen LogP contribution in [0, 0.1) is 5.92 Å². The molecule has 4 atom stereocenters. The number of carboxylic acids is 1. The first-order valence-corrected chi connectivity index (χ1v) is 12.7. The van der Waals surface area contributed by atoms with Crippen molar-refractivity contribution in [3.8, 4) is 5.75 Å². The summed E-state index contributed by atoms with van der Waals surface area (Å²) in [7, 11) is 0. The number of phenolic OH excluding ortho intramolecular Hbond substituents is 1. The minimum Gasteiger partial charge on any atom is -0.508 e. The molecule has 1 rings (SSSR count). The highest BCUT2D eigenvalue weighted by Gasteiger charge is 2.31. The van der Waals surface area contributed by atoms with Gasteiger partial charge in [0.15, 0.2) is 5.96 Å². The molecule has 4 amide bonds. The van der Waals surface area contributed by atoms with Crippen molar-refractivity contribution >= 4 is 35.6 Å². The minimum atomic E-state index is -1.34. The van der Waals surface area contributed by atoms with Crippen molar-refractivity contribution in [2.45, 2.75) is 70.1 Å². The van der Waals surface area contributed by atoms with Crippen molar-refractivity contribution in [3.63, 3.8) is 0 Å². The first-order valence-electron chi connectivity index (χ1n) is 12.7. The van der Waals surface area contributed by atoms with Crippen molar-refractivity contribution in [3.05, 3.63) is 29.8 Å². The number of carboxylic acid groups (broad SMARTS) is 1. The molecular formula is C25H40N8O7. The van der Waals surface area contributed by atoms with Gasteiger partial charge >= 0.3 is 5.97 Å². The average Bonchev–Trinajstić information content (AvgIpc) is 2.85. The Hall–Kier alpha value is -4.40. The van der Waals surface area contributed by atoms with Gasteiger partial charge in [0.25, 0.3) is 0 Å². The largest absolute Gasteiger partial charge is 0.508 e. The lowest BCUT2D eigenvalue weighted by atomic mass is 10.0. The van der Waals surface area contributed by atoms with Crippen molar-refractivity contribution < 1.29 is 34.2 Å². The number of aliphatic imine (C=N–C) groups is 1. The Morgan fingerprint density at radius 2 is 1.43 bits per heavy atom. The first-order chi connectivity index (χ1) is 18.7. The zero-order chi connectivity index (χ0) is 30.4. The predicted molar refractivity (Wildman–Crippen MR) is 146 cm³/mol. The molecule has 0 aliphatic rings. The van der Waals surface area contributed by atoms with Crippen LogP contribution in [0.15, 0.2) is 29.3 Å². The number of amides is 4. The number of nitrogens with one attached hydrogen (secondary N) is 3. The number of nitrogens with zero attached hydrogens (tertiary/aromatic N) is 1. The summed E-state index contributed by atoms with van der Waals surface area (Å²) < 4.78 is 0. The van der Waals surface area contributed by atoms with E-state index in [4.69, 9.17) is 22.9 Å². The van der Waals surface area contributed by atoms with Gasteiger partial charge in [-0.05, 0) is 42.9 Å². The second-order valence-corrected chi connectivity index (χ2v) is 9.75. The van der Waals surface area contributed by atoms with Crippen molar-refractivity contribution in [1.29, 1.82) is 0 Å². The quantitative estimate of drug-likeness (QED) is 0.0558. The molecule has 0 saturated carbocycles. The normalized spacial score (nSPS) is 13.8. The lowest BCUT2D eigenvalue weighted by Crippen LogP contribution is -2.57. The van der Waals surface area contributed by atoms with E-state index in [9.17, 15) is 34.2 Å². The van der Waals surface area contributed by atoms with Gasteiger partial charge in [-0.15, -0.1) is 0 Å². The Morgan fingerprint density at radius 3 is 1.95 bits per heavy atom. The van der Waals surface area contributed by atoms with Crippen LogP contribution in [-0.4, -0.2) is 76.5 Å². The van der Waals surface area contributed by atoms with Gasteiger partial charge < -0.3 is 49.1 Å². The van der Waals surface area contributed by atoms with E-state index in [0.29, 0.717) is 5.56 Å². The van der Waals surface area contributed by atoms with Gasteiger partial charge in [0.05, 0.1) is 12.5 Å². The van der Waals surface area contributed by atoms with E-state index in [-0.39, 0.29) is 49.9 Å². The van der Waals surface area contributed by atoms with Crippen LogP contribution in [0.3, 0.4) is 0 Å². The molecule has 0 aliphatic heterocycles. The molecule has 15 nitrogen and oxygen atoms in total. The first kappa shape index (κ1) is 33.6. The van der Waals surface area contributed by atoms with Crippen molar-refractivity contribution in [2.75, 3.05) is 6.54 Å². The van der Waals surface area contributed by atoms with Crippen LogP contribution in [0.25, 0.3) is 0 Å². The maximum absolute atomic E-state index is 13.2. The molecule has 1 aromatic rings. The Balaban J connectivity index is 3.10. The molecule has 4 unspecified atom stereocenters. The van der Waals surface area contributed by atoms with E-state index in [0.717, 1.165) is 0 Å². The molecule has 40 heavy (non-hydrogen) atoms. The summed E-state index contributed by atoms with van der Waals surface area (Å²) in [5.41, 5.74) is 22.0. The van der Waals surface area contributed by atoms with E-state index in [1.54, 1.807) is 0 Å². The molecule has 15 heteroatoms. The fourth-order valence-corrected chi connectivity index (χ4v) is 3.68. The van der Waals surface area contributed by atoms with Gasteiger partial charge in [-0.25, -0.2) is 4.79 Å². The summed E-state index contributed by atoms with van der Waals surface area (Å²) in [6.07, 6.45) is -0.0169. The van der Waals surface area contributed by atoms with E-state index in [2.05, 4.69) is 20.9 Å². The number of hydrogen-bond donors (Lipinski definition) is 9. The summed E-state index contributed by atoms with van der Waals surface area (Å²) >= 11 is 0. The number of carbonyl (C=O) groups excluding carboxylic acids is 4. The Bertz CT molecular complexity index is 1060. The van der Waals surface area contributed by atoms with Gasteiger partial charge in [0.2, 0.25) is 23.6 Å². The van der Waals surface area contributed by atoms with E-state index < -0.39 is 60.2 Å². The van der Waals surface area contributed by atoms with Crippen LogP contribution in [0.2, 0.25) is 0 Å². The SMILES string of the molecule is CC(C)CC(NC(=O)C(N)CC(N)=O)C(=O)NC(CCCN=C(N)N)C(=O)NC(Cc1ccc(O)cc1)C(=O)O. The van der Waals surface area contributed by atoms with Gasteiger partial charge in [-0.1, -0.05) is 26.0 Å². The van der Waals surface area contributed by atoms with E-state index in [1.807, 2.05) is 13.8 Å². The highest BCUT2D eigenvalue weighted by atomic mass is 16.4. The van der Waals surface area contributed by atoms with Gasteiger partial charge in [0.1, 0.15) is 23.9 Å². The number of carbonyl (C=O) groups is 5. The number of aliphatic carboxylic acids is 1. The van der Waals surface area contributed by atoms with Crippen LogP contribution in [0.1, 0.15) is 45.1 Å². The number of aromatic hydroxyl groups is 1. The third-order valence-corrected chi connectivity index (χ3v) is 5.67. The molecule has 0 heterocycles. The van der Waals surface area contributed by atoms with E-state index >= 15 is 0 Å². The number of rotatable bonds is 17. The number of benzene rings is 1. The van der Waals surface area contributed by atoms with Gasteiger partial charge in [-0.2, -0.15) is 0 Å². The van der Waals surface area contributed by atoms with Crippen molar-refractivity contribution in [2.24, 2.45) is 33.8 Å². The summed E-state index contributed by atoms with van der Waals surface area (Å²) in [5.74, 6) is -4.55. The maximum atomic E-state index is 13.2. The minimum absolute atomic E-state index is 0.00170. The molecule has 0 aliphatic carbocycles. The zero-order valence-corrected chi connectivity index (χ0v) is 22.6. The number of primary amides is 1. The molecule has 0 fully saturated rings. The molecule has 0 aromatic heterocycles. The fourth-order valence-electron chi connectivity index (χ4n) is 3.68. The summed E-state index contributed by atoms with van der Waals surface area (Å²) in [4.78, 5) is 65.7. The summed E-state index contributed by atoms with van der Waals surface area (Å²) in [5, 5.41) is 26.6. The molecule has 0 radical (unpaired) electrons.